The van der Waals surface area contributed by atoms with E-state index in [2.05, 4.69) is 0 Å². The van der Waals surface area contributed by atoms with Crippen molar-refractivity contribution in [2.24, 2.45) is 0 Å². The Bertz CT molecular complexity index is 686. The molecule has 0 fully saturated rings. The third kappa shape index (κ3) is 3.37. The van der Waals surface area contributed by atoms with Gasteiger partial charge in [0.15, 0.2) is 0 Å². The molecule has 21 heavy (non-hydrogen) atoms. The summed E-state index contributed by atoms with van der Waals surface area (Å²) in [4.78, 5) is 13.6. The third-order valence-corrected chi connectivity index (χ3v) is 3.16. The van der Waals surface area contributed by atoms with E-state index in [1.54, 1.807) is 19.1 Å². The first-order valence-electron chi connectivity index (χ1n) is 6.44. The molecule has 0 heterocycles. The maximum atomic E-state index is 14.0. The van der Waals surface area contributed by atoms with Gasteiger partial charge in [-0.3, -0.25) is 4.79 Å². The third-order valence-electron chi connectivity index (χ3n) is 3.16. The number of hydrogen-bond acceptors (Lipinski definition) is 2. The largest absolute Gasteiger partial charge is 0.399 e. The maximum absolute atomic E-state index is 14.0. The highest BCUT2D eigenvalue weighted by Crippen LogP contribution is 2.19. The number of nitrogen functional groups attached to an aromatic ring is 1. The molecule has 0 spiro atoms. The maximum Gasteiger partial charge on any atom is 0.256 e. The van der Waals surface area contributed by atoms with Gasteiger partial charge in [-0.05, 0) is 42.3 Å². The number of benzene rings is 2. The molecule has 5 heteroatoms. The Morgan fingerprint density at radius 1 is 1.24 bits per heavy atom. The molecule has 1 amide bonds. The Labute approximate surface area is 122 Å². The van der Waals surface area contributed by atoms with Crippen molar-refractivity contribution in [2.45, 2.75) is 13.5 Å². The Balaban J connectivity index is 2.24. The lowest BCUT2D eigenvalue weighted by molar-refractivity contribution is 0.0780. The van der Waals surface area contributed by atoms with Crippen molar-refractivity contribution in [3.63, 3.8) is 0 Å². The number of rotatable bonds is 3. The van der Waals surface area contributed by atoms with Crippen LogP contribution in [0.1, 0.15) is 21.5 Å². The zero-order valence-electron chi connectivity index (χ0n) is 11.9. The van der Waals surface area contributed by atoms with Crippen molar-refractivity contribution in [2.75, 3.05) is 12.8 Å². The second-order valence-corrected chi connectivity index (χ2v) is 4.99. The van der Waals surface area contributed by atoms with Crippen LogP contribution in [0.15, 0.2) is 36.4 Å². The molecule has 0 saturated heterocycles. The first kappa shape index (κ1) is 15.0. The van der Waals surface area contributed by atoms with Crippen molar-refractivity contribution in [1.82, 2.24) is 4.90 Å². The van der Waals surface area contributed by atoms with Crippen LogP contribution in [0.2, 0.25) is 0 Å². The first-order valence-corrected chi connectivity index (χ1v) is 6.44. The van der Waals surface area contributed by atoms with Crippen molar-refractivity contribution in [1.29, 1.82) is 0 Å². The standard InChI is InChI=1S/C16H16F2N2O/c1-10-6-13(19)8-14(15(10)18)16(21)20(2)9-11-4-3-5-12(17)7-11/h3-8H,9,19H2,1-2H3. The summed E-state index contributed by atoms with van der Waals surface area (Å²) in [7, 11) is 1.53. The summed E-state index contributed by atoms with van der Waals surface area (Å²) in [6.45, 7) is 1.74. The number of amides is 1. The molecule has 0 unspecified atom stereocenters. The molecule has 2 N–H and O–H groups in total. The summed E-state index contributed by atoms with van der Waals surface area (Å²) < 4.78 is 27.2. The summed E-state index contributed by atoms with van der Waals surface area (Å²) in [5.74, 6) is -1.45. The number of halogens is 2. The molecule has 0 radical (unpaired) electrons. The average Bonchev–Trinajstić information content (AvgIpc) is 2.42. The molecule has 0 bridgehead atoms. The van der Waals surface area contributed by atoms with Crippen LogP contribution in [0.3, 0.4) is 0 Å². The predicted molar refractivity (Wildman–Crippen MR) is 77.7 cm³/mol. The van der Waals surface area contributed by atoms with Crippen molar-refractivity contribution >= 4 is 11.6 Å². The van der Waals surface area contributed by atoms with Crippen LogP contribution in [0.25, 0.3) is 0 Å². The van der Waals surface area contributed by atoms with Crippen molar-refractivity contribution in [3.05, 3.63) is 64.7 Å². The second kappa shape index (κ2) is 5.91. The smallest absolute Gasteiger partial charge is 0.256 e. The van der Waals surface area contributed by atoms with Gasteiger partial charge < -0.3 is 10.6 Å². The molecule has 2 aromatic carbocycles. The molecule has 2 rings (SSSR count). The molecule has 3 nitrogen and oxygen atoms in total. The minimum atomic E-state index is -0.583. The summed E-state index contributed by atoms with van der Waals surface area (Å²) in [6.07, 6.45) is 0. The van der Waals surface area contributed by atoms with E-state index in [4.69, 9.17) is 5.73 Å². The summed E-state index contributed by atoms with van der Waals surface area (Å²) in [5.41, 5.74) is 6.85. The minimum Gasteiger partial charge on any atom is -0.399 e. The highest BCUT2D eigenvalue weighted by molar-refractivity contribution is 5.95. The van der Waals surface area contributed by atoms with E-state index in [-0.39, 0.29) is 17.9 Å². The van der Waals surface area contributed by atoms with E-state index in [9.17, 15) is 13.6 Å². The topological polar surface area (TPSA) is 46.3 Å². The summed E-state index contributed by atoms with van der Waals surface area (Å²) >= 11 is 0. The van der Waals surface area contributed by atoms with E-state index in [0.717, 1.165) is 0 Å². The number of anilines is 1. The number of hydrogen-bond donors (Lipinski definition) is 1. The molecular formula is C16H16F2N2O. The highest BCUT2D eigenvalue weighted by Gasteiger charge is 2.18. The zero-order chi connectivity index (χ0) is 15.6. The SMILES string of the molecule is Cc1cc(N)cc(C(=O)N(C)Cc2cccc(F)c2)c1F. The molecule has 0 aromatic heterocycles. The van der Waals surface area contributed by atoms with E-state index >= 15 is 0 Å². The van der Waals surface area contributed by atoms with Gasteiger partial charge in [-0.2, -0.15) is 0 Å². The van der Waals surface area contributed by atoms with Crippen LogP contribution < -0.4 is 5.73 Å². The van der Waals surface area contributed by atoms with Gasteiger partial charge in [-0.15, -0.1) is 0 Å². The minimum absolute atomic E-state index is 0.0774. The van der Waals surface area contributed by atoms with Crippen LogP contribution in [0.5, 0.6) is 0 Å². The molecular weight excluding hydrogens is 274 g/mol. The monoisotopic (exact) mass is 290 g/mol. The molecule has 0 aliphatic heterocycles. The van der Waals surface area contributed by atoms with Crippen LogP contribution in [-0.4, -0.2) is 17.9 Å². The Morgan fingerprint density at radius 2 is 1.95 bits per heavy atom. The number of carbonyl (C=O) groups is 1. The lowest BCUT2D eigenvalue weighted by Gasteiger charge is -2.18. The van der Waals surface area contributed by atoms with Crippen LogP contribution >= 0.6 is 0 Å². The highest BCUT2D eigenvalue weighted by atomic mass is 19.1. The lowest BCUT2D eigenvalue weighted by atomic mass is 10.1. The van der Waals surface area contributed by atoms with Gasteiger partial charge in [0.1, 0.15) is 11.6 Å². The van der Waals surface area contributed by atoms with Crippen LogP contribution in [0.4, 0.5) is 14.5 Å². The average molecular weight is 290 g/mol. The normalized spacial score (nSPS) is 10.5. The fourth-order valence-corrected chi connectivity index (χ4v) is 2.14. The van der Waals surface area contributed by atoms with E-state index < -0.39 is 11.7 Å². The van der Waals surface area contributed by atoms with Crippen LogP contribution in [-0.2, 0) is 6.54 Å². The Kier molecular flexibility index (Phi) is 4.21. The van der Waals surface area contributed by atoms with Gasteiger partial charge in [0.05, 0.1) is 5.56 Å². The fraction of sp³-hybridized carbons (Fsp3) is 0.188. The first-order chi connectivity index (χ1) is 9.88. The van der Waals surface area contributed by atoms with Crippen molar-refractivity contribution in [3.8, 4) is 0 Å². The molecule has 2 aromatic rings. The van der Waals surface area contributed by atoms with Gasteiger partial charge in [0.2, 0.25) is 0 Å². The van der Waals surface area contributed by atoms with E-state index in [1.807, 2.05) is 0 Å². The predicted octanol–water partition coefficient (Wildman–Crippen LogP) is 3.13. The van der Waals surface area contributed by atoms with Crippen LogP contribution in [0, 0.1) is 18.6 Å². The lowest BCUT2D eigenvalue weighted by Crippen LogP contribution is -2.27. The summed E-state index contributed by atoms with van der Waals surface area (Å²) in [6, 6.07) is 8.71. The number of carbonyl (C=O) groups excluding carboxylic acids is 1. The van der Waals surface area contributed by atoms with Gasteiger partial charge in [0, 0.05) is 19.3 Å². The number of aryl methyl sites for hydroxylation is 1. The van der Waals surface area contributed by atoms with E-state index in [1.165, 1.54) is 36.2 Å². The number of nitrogens with two attached hydrogens (primary N) is 1. The van der Waals surface area contributed by atoms with Gasteiger partial charge in [-0.1, -0.05) is 12.1 Å². The number of nitrogens with zero attached hydrogens (tertiary/aromatic N) is 1. The van der Waals surface area contributed by atoms with Gasteiger partial charge in [0.25, 0.3) is 5.91 Å². The van der Waals surface area contributed by atoms with Gasteiger partial charge in [-0.25, -0.2) is 8.78 Å². The molecule has 0 atom stereocenters. The quantitative estimate of drug-likeness (QED) is 0.883. The molecule has 0 aliphatic rings. The van der Waals surface area contributed by atoms with Crippen molar-refractivity contribution < 1.29 is 13.6 Å². The second-order valence-electron chi connectivity index (χ2n) is 4.99. The van der Waals surface area contributed by atoms with Gasteiger partial charge >= 0.3 is 0 Å². The Morgan fingerprint density at radius 3 is 2.62 bits per heavy atom. The molecule has 0 aliphatic carbocycles. The zero-order valence-corrected chi connectivity index (χ0v) is 11.9. The molecule has 110 valence electrons. The van der Waals surface area contributed by atoms with E-state index in [0.29, 0.717) is 16.8 Å². The Hall–Kier alpha value is -2.43. The fourth-order valence-electron chi connectivity index (χ4n) is 2.14. The molecule has 0 saturated carbocycles. The summed E-state index contributed by atoms with van der Waals surface area (Å²) in [5, 5.41) is 0.